The van der Waals surface area contributed by atoms with Crippen LogP contribution in [0.25, 0.3) is 60.6 Å². The van der Waals surface area contributed by atoms with Gasteiger partial charge in [-0.15, -0.1) is 0 Å². The Labute approximate surface area is 248 Å². The Morgan fingerprint density at radius 1 is 0.705 bits per heavy atom. The van der Waals surface area contributed by atoms with E-state index in [1.807, 2.05) is 48.5 Å². The Balaban J connectivity index is 1.45. The summed E-state index contributed by atoms with van der Waals surface area (Å²) in [7, 11) is 0. The van der Waals surface area contributed by atoms with E-state index in [4.69, 9.17) is 0 Å². The predicted octanol–water partition coefficient (Wildman–Crippen LogP) is 8.64. The molecule has 5 nitrogen and oxygen atoms in total. The number of alkyl halides is 3. The van der Waals surface area contributed by atoms with Crippen molar-refractivity contribution in [2.45, 2.75) is 13.1 Å². The van der Waals surface area contributed by atoms with Crippen LogP contribution < -0.4 is 5.56 Å². The average molecular weight is 586 g/mol. The van der Waals surface area contributed by atoms with Crippen molar-refractivity contribution in [2.75, 3.05) is 0 Å². The van der Waals surface area contributed by atoms with Crippen molar-refractivity contribution in [3.05, 3.63) is 137 Å². The summed E-state index contributed by atoms with van der Waals surface area (Å²) in [6.45, 7) is 1.40. The number of halogens is 3. The zero-order valence-electron chi connectivity index (χ0n) is 23.3. The zero-order valence-corrected chi connectivity index (χ0v) is 23.3. The molecule has 7 aromatic rings. The van der Waals surface area contributed by atoms with Crippen LogP contribution in [0.1, 0.15) is 22.8 Å². The van der Waals surface area contributed by atoms with E-state index in [-0.39, 0.29) is 17.0 Å². The normalized spacial score (nSPS) is 11.8. The molecule has 0 aliphatic heterocycles. The van der Waals surface area contributed by atoms with Crippen LogP contribution in [0.5, 0.6) is 0 Å². The maximum atomic E-state index is 14.5. The van der Waals surface area contributed by atoms with Crippen LogP contribution >= 0.6 is 0 Å². The Hall–Kier alpha value is -5.63. The van der Waals surface area contributed by atoms with Crippen LogP contribution in [-0.2, 0) is 6.18 Å². The van der Waals surface area contributed by atoms with Gasteiger partial charge in [-0.1, -0.05) is 54.6 Å². The Bertz CT molecular complexity index is 2320. The molecule has 3 aromatic heterocycles. The lowest BCUT2D eigenvalue weighted by atomic mass is 9.97. The van der Waals surface area contributed by atoms with Crippen LogP contribution in [0.2, 0.25) is 0 Å². The molecule has 0 spiro atoms. The molecule has 0 saturated heterocycles. The number of carbonyl (C=O) groups is 1. The standard InChI is InChI=1S/C36H22F3N3O2/c1-21(43)22-6-8-23(9-7-22)29-13-12-28(18-31(29)36(37,38)39)42-34(44)15-11-26-19-41-33-14-10-24(17-30(33)35(26)42)27-16-25-4-2-3-5-32(25)40-20-27/h2-20H,1H3. The van der Waals surface area contributed by atoms with Gasteiger partial charge in [-0.3, -0.25) is 24.1 Å². The number of ketones is 1. The lowest BCUT2D eigenvalue weighted by molar-refractivity contribution is -0.137. The summed E-state index contributed by atoms with van der Waals surface area (Å²) in [4.78, 5) is 34.2. The highest BCUT2D eigenvalue weighted by molar-refractivity contribution is 6.05. The predicted molar refractivity (Wildman–Crippen MR) is 166 cm³/mol. The van der Waals surface area contributed by atoms with E-state index >= 15 is 0 Å². The van der Waals surface area contributed by atoms with Gasteiger partial charge in [-0.2, -0.15) is 13.2 Å². The first-order valence-electron chi connectivity index (χ1n) is 13.8. The third-order valence-electron chi connectivity index (χ3n) is 7.81. The smallest absolute Gasteiger partial charge is 0.295 e. The number of pyridine rings is 3. The van der Waals surface area contributed by atoms with Crippen molar-refractivity contribution in [3.63, 3.8) is 0 Å². The van der Waals surface area contributed by atoms with Crippen molar-refractivity contribution < 1.29 is 18.0 Å². The van der Waals surface area contributed by atoms with Gasteiger partial charge in [0.2, 0.25) is 0 Å². The fourth-order valence-electron chi connectivity index (χ4n) is 5.62. The monoisotopic (exact) mass is 585 g/mol. The number of hydrogen-bond acceptors (Lipinski definition) is 4. The van der Waals surface area contributed by atoms with Crippen molar-refractivity contribution in [2.24, 2.45) is 0 Å². The highest BCUT2D eigenvalue weighted by atomic mass is 19.4. The molecule has 0 N–H and O–H groups in total. The molecule has 3 heterocycles. The lowest BCUT2D eigenvalue weighted by Gasteiger charge is -2.18. The summed E-state index contributed by atoms with van der Waals surface area (Å²) >= 11 is 0. The molecular weight excluding hydrogens is 563 g/mol. The maximum Gasteiger partial charge on any atom is 0.417 e. The van der Waals surface area contributed by atoms with Crippen molar-refractivity contribution >= 4 is 38.5 Å². The van der Waals surface area contributed by atoms with Crippen LogP contribution in [0.3, 0.4) is 0 Å². The fourth-order valence-corrected chi connectivity index (χ4v) is 5.62. The molecule has 8 heteroatoms. The van der Waals surface area contributed by atoms with E-state index in [1.165, 1.54) is 54.0 Å². The van der Waals surface area contributed by atoms with E-state index in [0.29, 0.717) is 32.9 Å². The molecule has 0 atom stereocenters. The van der Waals surface area contributed by atoms with Crippen molar-refractivity contribution in [3.8, 4) is 27.9 Å². The third kappa shape index (κ3) is 4.70. The summed E-state index contributed by atoms with van der Waals surface area (Å²) in [5.74, 6) is -0.181. The van der Waals surface area contributed by atoms with Crippen molar-refractivity contribution in [1.29, 1.82) is 0 Å². The van der Waals surface area contributed by atoms with Crippen LogP contribution in [-0.4, -0.2) is 20.3 Å². The maximum absolute atomic E-state index is 14.5. The van der Waals surface area contributed by atoms with Gasteiger partial charge in [-0.25, -0.2) is 0 Å². The average Bonchev–Trinajstić information content (AvgIpc) is 3.03. The summed E-state index contributed by atoms with van der Waals surface area (Å²) in [5.41, 5.74) is 2.94. The second-order valence-corrected chi connectivity index (χ2v) is 10.6. The first kappa shape index (κ1) is 27.2. The van der Waals surface area contributed by atoms with E-state index in [2.05, 4.69) is 9.97 Å². The molecule has 214 valence electrons. The highest BCUT2D eigenvalue weighted by Crippen LogP contribution is 2.39. The summed E-state index contributed by atoms with van der Waals surface area (Å²) < 4.78 is 44.8. The summed E-state index contributed by atoms with van der Waals surface area (Å²) in [6.07, 6.45) is -1.33. The number of aromatic nitrogens is 3. The molecule has 0 amide bonds. The molecule has 0 fully saturated rings. The summed E-state index contributed by atoms with van der Waals surface area (Å²) in [6, 6.07) is 28.2. The van der Waals surface area contributed by atoms with E-state index < -0.39 is 17.3 Å². The lowest BCUT2D eigenvalue weighted by Crippen LogP contribution is -2.19. The Kier molecular flexibility index (Phi) is 6.35. The molecule has 0 radical (unpaired) electrons. The first-order valence-corrected chi connectivity index (χ1v) is 13.8. The molecule has 0 bridgehead atoms. The molecule has 0 aliphatic carbocycles. The topological polar surface area (TPSA) is 64.8 Å². The van der Waals surface area contributed by atoms with Gasteiger partial charge >= 0.3 is 6.18 Å². The van der Waals surface area contributed by atoms with Gasteiger partial charge in [0.25, 0.3) is 5.56 Å². The van der Waals surface area contributed by atoms with Gasteiger partial charge < -0.3 is 0 Å². The molecule has 0 aliphatic rings. The van der Waals surface area contributed by atoms with Crippen LogP contribution in [0.15, 0.2) is 120 Å². The molecular formula is C36H22F3N3O2. The number of benzene rings is 4. The van der Waals surface area contributed by atoms with E-state index in [0.717, 1.165) is 28.1 Å². The number of hydrogen-bond donors (Lipinski definition) is 0. The minimum Gasteiger partial charge on any atom is -0.295 e. The SMILES string of the molecule is CC(=O)c1ccc(-c2ccc(-n3c(=O)ccc4cnc5ccc(-c6cnc7ccccc7c6)cc5c43)cc2C(F)(F)F)cc1. The quantitative estimate of drug-likeness (QED) is 0.153. The second kappa shape index (κ2) is 10.3. The van der Waals surface area contributed by atoms with Gasteiger partial charge in [0, 0.05) is 51.4 Å². The molecule has 0 saturated carbocycles. The van der Waals surface area contributed by atoms with Crippen molar-refractivity contribution in [1.82, 2.24) is 14.5 Å². The second-order valence-electron chi connectivity index (χ2n) is 10.6. The van der Waals surface area contributed by atoms with E-state index in [9.17, 15) is 22.8 Å². The molecule has 4 aromatic carbocycles. The number of para-hydroxylation sites is 1. The van der Waals surface area contributed by atoms with Crippen LogP contribution in [0.4, 0.5) is 13.2 Å². The third-order valence-corrected chi connectivity index (χ3v) is 7.81. The first-order chi connectivity index (χ1) is 21.2. The number of fused-ring (bicyclic) bond motifs is 4. The molecule has 0 unspecified atom stereocenters. The minimum absolute atomic E-state index is 0.0535. The van der Waals surface area contributed by atoms with Gasteiger partial charge in [0.05, 0.1) is 22.1 Å². The minimum atomic E-state index is -4.71. The van der Waals surface area contributed by atoms with Gasteiger partial charge in [-0.05, 0) is 66.1 Å². The fraction of sp³-hybridized carbons (Fsp3) is 0.0556. The van der Waals surface area contributed by atoms with Gasteiger partial charge in [0.15, 0.2) is 5.78 Å². The number of rotatable bonds is 4. The number of carbonyl (C=O) groups excluding carboxylic acids is 1. The Morgan fingerprint density at radius 2 is 1.45 bits per heavy atom. The highest BCUT2D eigenvalue weighted by Gasteiger charge is 2.34. The number of nitrogens with zero attached hydrogens (tertiary/aromatic N) is 3. The molecule has 7 rings (SSSR count). The molecule has 44 heavy (non-hydrogen) atoms. The van der Waals surface area contributed by atoms with E-state index in [1.54, 1.807) is 18.5 Å². The Morgan fingerprint density at radius 3 is 2.23 bits per heavy atom. The zero-order chi connectivity index (χ0) is 30.6. The van der Waals surface area contributed by atoms with Crippen LogP contribution in [0, 0.1) is 0 Å². The largest absolute Gasteiger partial charge is 0.417 e. The summed E-state index contributed by atoms with van der Waals surface area (Å²) in [5, 5.41) is 2.18. The number of Topliss-reactive ketones (excluding diaryl/α,β-unsaturated/α-hetero) is 1. The van der Waals surface area contributed by atoms with Gasteiger partial charge in [0.1, 0.15) is 0 Å².